The zero-order chi connectivity index (χ0) is 22.4. The molecule has 162 valence electrons. The summed E-state index contributed by atoms with van der Waals surface area (Å²) < 4.78 is 27.0. The molecule has 2 amide bonds. The number of fused-ring (bicyclic) bond motifs is 1. The Kier molecular flexibility index (Phi) is 5.01. The lowest BCUT2D eigenvalue weighted by Crippen LogP contribution is -2.48. The predicted molar refractivity (Wildman–Crippen MR) is 119 cm³/mol. The Hall–Kier alpha value is -3.33. The van der Waals surface area contributed by atoms with Gasteiger partial charge in [0.2, 0.25) is 0 Å². The van der Waals surface area contributed by atoms with Crippen molar-refractivity contribution in [1.29, 1.82) is 0 Å². The van der Waals surface area contributed by atoms with Crippen molar-refractivity contribution in [2.45, 2.75) is 37.6 Å². The molecule has 0 spiro atoms. The van der Waals surface area contributed by atoms with Crippen LogP contribution in [0.1, 0.15) is 26.3 Å². The highest BCUT2D eigenvalue weighted by atomic mass is 32.2. The summed E-state index contributed by atoms with van der Waals surface area (Å²) in [7, 11) is -4.09. The molecule has 0 saturated heterocycles. The Balaban J connectivity index is 1.66. The van der Waals surface area contributed by atoms with Gasteiger partial charge in [0.25, 0.3) is 10.0 Å². The number of nitrogens with zero attached hydrogens (tertiary/aromatic N) is 2. The van der Waals surface area contributed by atoms with Gasteiger partial charge in [-0.3, -0.25) is 4.90 Å². The smallest absolute Gasteiger partial charge is 0.333 e. The summed E-state index contributed by atoms with van der Waals surface area (Å²) in [6.45, 7) is 6.16. The van der Waals surface area contributed by atoms with Crippen molar-refractivity contribution in [1.82, 2.24) is 14.3 Å². The molecular weight excluding hydrogens is 416 g/mol. The maximum absolute atomic E-state index is 13.2. The van der Waals surface area contributed by atoms with Gasteiger partial charge < -0.3 is 10.3 Å². The van der Waals surface area contributed by atoms with Crippen molar-refractivity contribution < 1.29 is 13.2 Å². The SMILES string of the molecule is CC(C)(C)NC(=O)N1CCc2cc(S(=O)(=O)n3cc(-c4ccccc4)[nH]c3=O)ccc21. The lowest BCUT2D eigenvalue weighted by Gasteiger charge is -2.26. The van der Waals surface area contributed by atoms with E-state index in [1.54, 1.807) is 23.1 Å². The van der Waals surface area contributed by atoms with Gasteiger partial charge >= 0.3 is 11.7 Å². The number of aromatic nitrogens is 2. The number of amides is 2. The molecule has 2 N–H and O–H groups in total. The molecule has 0 saturated carbocycles. The van der Waals surface area contributed by atoms with E-state index in [2.05, 4.69) is 10.3 Å². The highest BCUT2D eigenvalue weighted by Crippen LogP contribution is 2.31. The van der Waals surface area contributed by atoms with E-state index in [4.69, 9.17) is 0 Å². The van der Waals surface area contributed by atoms with Crippen LogP contribution in [0, 0.1) is 0 Å². The Labute approximate surface area is 180 Å². The molecule has 0 unspecified atom stereocenters. The molecule has 2 aromatic carbocycles. The zero-order valence-corrected chi connectivity index (χ0v) is 18.4. The summed E-state index contributed by atoms with van der Waals surface area (Å²) in [4.78, 5) is 29.2. The van der Waals surface area contributed by atoms with Gasteiger partial charge in [0.15, 0.2) is 0 Å². The van der Waals surface area contributed by atoms with Crippen molar-refractivity contribution in [3.8, 4) is 11.3 Å². The molecule has 0 radical (unpaired) electrons. The Morgan fingerprint density at radius 1 is 1.10 bits per heavy atom. The zero-order valence-electron chi connectivity index (χ0n) is 17.5. The first kappa shape index (κ1) is 20.9. The van der Waals surface area contributed by atoms with Gasteiger partial charge in [-0.2, -0.15) is 3.97 Å². The molecule has 31 heavy (non-hydrogen) atoms. The van der Waals surface area contributed by atoms with E-state index in [0.717, 1.165) is 9.54 Å². The molecule has 8 nitrogen and oxygen atoms in total. The first-order valence-corrected chi connectivity index (χ1v) is 11.4. The first-order chi connectivity index (χ1) is 14.6. The third-order valence-corrected chi connectivity index (χ3v) is 6.64. The number of hydrogen-bond acceptors (Lipinski definition) is 4. The van der Waals surface area contributed by atoms with Crippen LogP contribution in [0.25, 0.3) is 11.3 Å². The molecule has 0 fully saturated rings. The summed E-state index contributed by atoms with van der Waals surface area (Å²) in [5, 5.41) is 2.92. The summed E-state index contributed by atoms with van der Waals surface area (Å²) in [6.07, 6.45) is 1.83. The van der Waals surface area contributed by atoms with Crippen LogP contribution in [-0.2, 0) is 16.4 Å². The van der Waals surface area contributed by atoms with Crippen LogP contribution in [0.5, 0.6) is 0 Å². The topological polar surface area (TPSA) is 104 Å². The average molecular weight is 441 g/mol. The lowest BCUT2D eigenvalue weighted by atomic mass is 10.1. The van der Waals surface area contributed by atoms with Gasteiger partial charge in [-0.05, 0) is 56.5 Å². The monoisotopic (exact) mass is 440 g/mol. The molecule has 0 aliphatic carbocycles. The fourth-order valence-corrected chi connectivity index (χ4v) is 4.84. The van der Waals surface area contributed by atoms with Crippen LogP contribution in [-0.4, -0.2) is 35.5 Å². The minimum Gasteiger partial charge on any atom is -0.333 e. The van der Waals surface area contributed by atoms with E-state index in [1.165, 1.54) is 18.3 Å². The second-order valence-corrected chi connectivity index (χ2v) is 10.3. The molecule has 9 heteroatoms. The number of anilines is 1. The van der Waals surface area contributed by atoms with Crippen LogP contribution >= 0.6 is 0 Å². The normalized spacial score (nSPS) is 13.8. The largest absolute Gasteiger partial charge is 0.340 e. The third-order valence-electron chi connectivity index (χ3n) is 5.00. The number of urea groups is 1. The molecule has 3 aromatic rings. The minimum absolute atomic E-state index is 0.00467. The maximum Gasteiger partial charge on any atom is 0.340 e. The number of imidazole rings is 1. The van der Waals surface area contributed by atoms with E-state index < -0.39 is 15.7 Å². The van der Waals surface area contributed by atoms with Crippen LogP contribution in [0.15, 0.2) is 64.4 Å². The fourth-order valence-electron chi connectivity index (χ4n) is 3.57. The molecule has 1 aliphatic heterocycles. The van der Waals surface area contributed by atoms with Crippen molar-refractivity contribution in [3.05, 3.63) is 70.8 Å². The Bertz CT molecular complexity index is 1300. The number of hydrogen-bond donors (Lipinski definition) is 2. The second kappa shape index (κ2) is 7.42. The van der Waals surface area contributed by atoms with Crippen LogP contribution in [0.4, 0.5) is 10.5 Å². The highest BCUT2D eigenvalue weighted by molar-refractivity contribution is 7.90. The number of aromatic amines is 1. The quantitative estimate of drug-likeness (QED) is 0.653. The molecule has 1 aliphatic rings. The summed E-state index contributed by atoms with van der Waals surface area (Å²) >= 11 is 0. The van der Waals surface area contributed by atoms with Gasteiger partial charge in [0.1, 0.15) is 0 Å². The van der Waals surface area contributed by atoms with E-state index in [1.807, 2.05) is 39.0 Å². The van der Waals surface area contributed by atoms with E-state index in [0.29, 0.717) is 29.9 Å². The minimum atomic E-state index is -4.09. The summed E-state index contributed by atoms with van der Waals surface area (Å²) in [5.41, 5.74) is 1.44. The Morgan fingerprint density at radius 3 is 2.48 bits per heavy atom. The van der Waals surface area contributed by atoms with Gasteiger partial charge in [-0.1, -0.05) is 30.3 Å². The van der Waals surface area contributed by atoms with Gasteiger partial charge in [-0.25, -0.2) is 18.0 Å². The number of carbonyl (C=O) groups is 1. The van der Waals surface area contributed by atoms with E-state index >= 15 is 0 Å². The van der Waals surface area contributed by atoms with E-state index in [-0.39, 0.29) is 16.5 Å². The predicted octanol–water partition coefficient (Wildman–Crippen LogP) is 2.95. The molecule has 0 bridgehead atoms. The van der Waals surface area contributed by atoms with Crippen molar-refractivity contribution >= 4 is 21.7 Å². The third kappa shape index (κ3) is 4.00. The molecular formula is C22H24N4O4S. The van der Waals surface area contributed by atoms with Crippen LogP contribution in [0.3, 0.4) is 0 Å². The van der Waals surface area contributed by atoms with Gasteiger partial charge in [-0.15, -0.1) is 0 Å². The van der Waals surface area contributed by atoms with E-state index in [9.17, 15) is 18.0 Å². The summed E-state index contributed by atoms with van der Waals surface area (Å²) in [5.74, 6) is 0. The average Bonchev–Trinajstić information content (AvgIpc) is 3.31. The molecule has 0 atom stereocenters. The summed E-state index contributed by atoms with van der Waals surface area (Å²) in [6, 6.07) is 13.4. The molecule has 4 rings (SSSR count). The van der Waals surface area contributed by atoms with Crippen molar-refractivity contribution in [2.75, 3.05) is 11.4 Å². The lowest BCUT2D eigenvalue weighted by molar-refractivity contribution is 0.238. The number of carbonyl (C=O) groups excluding carboxylic acids is 1. The number of rotatable bonds is 3. The number of H-pyrrole nitrogens is 1. The molecule has 1 aromatic heterocycles. The second-order valence-electron chi connectivity index (χ2n) is 8.51. The molecule has 2 heterocycles. The van der Waals surface area contributed by atoms with Crippen LogP contribution in [0.2, 0.25) is 0 Å². The van der Waals surface area contributed by atoms with Crippen LogP contribution < -0.4 is 15.9 Å². The fraction of sp³-hybridized carbons (Fsp3) is 0.273. The first-order valence-electron chi connectivity index (χ1n) is 9.91. The highest BCUT2D eigenvalue weighted by Gasteiger charge is 2.29. The standard InChI is InChI=1S/C22H24N4O4S/c1-22(2,3)24-21(28)25-12-11-16-13-17(9-10-19(16)25)31(29,30)26-14-18(23-20(26)27)15-7-5-4-6-8-15/h4-10,13-14H,11-12H2,1-3H3,(H,23,27)(H,24,28). The Morgan fingerprint density at radius 2 is 1.81 bits per heavy atom. The van der Waals surface area contributed by atoms with Crippen molar-refractivity contribution in [2.24, 2.45) is 0 Å². The van der Waals surface area contributed by atoms with Gasteiger partial charge in [0.05, 0.1) is 16.8 Å². The number of nitrogens with one attached hydrogen (secondary N) is 2. The maximum atomic E-state index is 13.2. The van der Waals surface area contributed by atoms with Crippen molar-refractivity contribution in [3.63, 3.8) is 0 Å². The number of benzene rings is 2. The van der Waals surface area contributed by atoms with Gasteiger partial charge in [0, 0.05) is 17.8 Å².